The lowest BCUT2D eigenvalue weighted by atomic mass is 10.3. The molecule has 102 valence electrons. The Kier molecular flexibility index (Phi) is 3.85. The van der Waals surface area contributed by atoms with Crippen LogP contribution in [-0.2, 0) is 6.54 Å². The van der Waals surface area contributed by atoms with Crippen LogP contribution in [0.25, 0.3) is 5.65 Å². The second kappa shape index (κ2) is 5.61. The molecule has 0 atom stereocenters. The Morgan fingerprint density at radius 3 is 2.95 bits per heavy atom. The highest BCUT2D eigenvalue weighted by molar-refractivity contribution is 14.1. The van der Waals surface area contributed by atoms with E-state index in [9.17, 15) is 0 Å². The van der Waals surface area contributed by atoms with E-state index < -0.39 is 0 Å². The SMILES string of the molecule is Cc1nc2ccccn2c1CNc1ccc(Cl)cc1I. The average Bonchev–Trinajstić information content (AvgIpc) is 2.74. The molecule has 1 N–H and O–H groups in total. The van der Waals surface area contributed by atoms with Crippen molar-refractivity contribution in [2.24, 2.45) is 0 Å². The summed E-state index contributed by atoms with van der Waals surface area (Å²) in [5.74, 6) is 0. The Bertz CT molecular complexity index is 767. The third kappa shape index (κ3) is 2.62. The van der Waals surface area contributed by atoms with Gasteiger partial charge >= 0.3 is 0 Å². The predicted molar refractivity (Wildman–Crippen MR) is 91.4 cm³/mol. The van der Waals surface area contributed by atoms with E-state index in [0.29, 0.717) is 0 Å². The van der Waals surface area contributed by atoms with E-state index in [4.69, 9.17) is 11.6 Å². The van der Waals surface area contributed by atoms with Crippen LogP contribution in [0, 0.1) is 10.5 Å². The molecule has 0 spiro atoms. The summed E-state index contributed by atoms with van der Waals surface area (Å²) < 4.78 is 3.23. The van der Waals surface area contributed by atoms with Crippen molar-refractivity contribution in [3.05, 3.63) is 62.6 Å². The standard InChI is InChI=1S/C15H13ClIN3/c1-10-14(20-7-3-2-4-15(20)19-10)9-18-13-6-5-11(16)8-12(13)17/h2-8,18H,9H2,1H3. The first kappa shape index (κ1) is 13.7. The molecule has 0 aliphatic carbocycles. The fraction of sp³-hybridized carbons (Fsp3) is 0.133. The molecule has 3 rings (SSSR count). The lowest BCUT2D eigenvalue weighted by Gasteiger charge is -2.09. The van der Waals surface area contributed by atoms with E-state index in [1.165, 1.54) is 5.69 Å². The second-order valence-corrected chi connectivity index (χ2v) is 6.15. The van der Waals surface area contributed by atoms with Crippen molar-refractivity contribution < 1.29 is 0 Å². The largest absolute Gasteiger partial charge is 0.379 e. The molecule has 0 radical (unpaired) electrons. The minimum absolute atomic E-state index is 0.731. The summed E-state index contributed by atoms with van der Waals surface area (Å²) in [6, 6.07) is 11.9. The smallest absolute Gasteiger partial charge is 0.137 e. The van der Waals surface area contributed by atoms with Crippen molar-refractivity contribution in [3.8, 4) is 0 Å². The molecule has 0 bridgehead atoms. The van der Waals surface area contributed by atoms with Crippen molar-refractivity contribution in [3.63, 3.8) is 0 Å². The highest BCUT2D eigenvalue weighted by Crippen LogP contribution is 2.23. The van der Waals surface area contributed by atoms with Gasteiger partial charge in [-0.3, -0.25) is 0 Å². The van der Waals surface area contributed by atoms with Crippen LogP contribution in [0.2, 0.25) is 5.02 Å². The topological polar surface area (TPSA) is 29.3 Å². The summed E-state index contributed by atoms with van der Waals surface area (Å²) >= 11 is 8.26. The number of aromatic nitrogens is 2. The van der Waals surface area contributed by atoms with Gasteiger partial charge in [-0.05, 0) is 59.8 Å². The molecule has 0 saturated heterocycles. The van der Waals surface area contributed by atoms with Crippen LogP contribution in [0.5, 0.6) is 0 Å². The van der Waals surface area contributed by atoms with Crippen molar-refractivity contribution in [1.82, 2.24) is 9.38 Å². The molecule has 1 aromatic carbocycles. The Labute approximate surface area is 136 Å². The maximum absolute atomic E-state index is 5.97. The quantitative estimate of drug-likeness (QED) is 0.659. The van der Waals surface area contributed by atoms with Crippen LogP contribution in [0.1, 0.15) is 11.4 Å². The van der Waals surface area contributed by atoms with Crippen LogP contribution in [0.3, 0.4) is 0 Å². The highest BCUT2D eigenvalue weighted by atomic mass is 127. The number of imidazole rings is 1. The van der Waals surface area contributed by atoms with Crippen LogP contribution >= 0.6 is 34.2 Å². The normalized spacial score (nSPS) is 10.9. The molecule has 0 amide bonds. The third-order valence-electron chi connectivity index (χ3n) is 3.21. The molecule has 5 heteroatoms. The number of fused-ring (bicyclic) bond motifs is 1. The molecule has 0 aliphatic rings. The Hall–Kier alpha value is -1.27. The van der Waals surface area contributed by atoms with Gasteiger partial charge in [0.2, 0.25) is 0 Å². The van der Waals surface area contributed by atoms with Crippen molar-refractivity contribution in [1.29, 1.82) is 0 Å². The van der Waals surface area contributed by atoms with Crippen molar-refractivity contribution in [2.45, 2.75) is 13.5 Å². The Morgan fingerprint density at radius 2 is 2.15 bits per heavy atom. The monoisotopic (exact) mass is 397 g/mol. The lowest BCUT2D eigenvalue weighted by molar-refractivity contribution is 0.986. The molecule has 3 aromatic rings. The number of anilines is 1. The first-order valence-corrected chi connectivity index (χ1v) is 7.72. The lowest BCUT2D eigenvalue weighted by Crippen LogP contribution is -2.05. The maximum atomic E-state index is 5.97. The van der Waals surface area contributed by atoms with Gasteiger partial charge in [-0.25, -0.2) is 4.98 Å². The molecular formula is C15H13ClIN3. The number of rotatable bonds is 3. The fourth-order valence-corrected chi connectivity index (χ4v) is 3.25. The predicted octanol–water partition coefficient (Wildman–Crippen LogP) is 4.51. The maximum Gasteiger partial charge on any atom is 0.137 e. The van der Waals surface area contributed by atoms with Gasteiger partial charge in [-0.1, -0.05) is 17.7 Å². The fourth-order valence-electron chi connectivity index (χ4n) is 2.19. The molecule has 0 unspecified atom stereocenters. The number of halogens is 2. The second-order valence-electron chi connectivity index (χ2n) is 4.55. The number of pyridine rings is 1. The molecular weight excluding hydrogens is 385 g/mol. The van der Waals surface area contributed by atoms with Crippen LogP contribution < -0.4 is 5.32 Å². The van der Waals surface area contributed by atoms with E-state index >= 15 is 0 Å². The van der Waals surface area contributed by atoms with Crippen LogP contribution in [0.4, 0.5) is 5.69 Å². The van der Waals surface area contributed by atoms with Gasteiger partial charge in [-0.15, -0.1) is 0 Å². The molecule has 3 nitrogen and oxygen atoms in total. The number of aryl methyl sites for hydroxylation is 1. The average molecular weight is 398 g/mol. The number of hydrogen-bond donors (Lipinski definition) is 1. The van der Waals surface area contributed by atoms with Crippen molar-refractivity contribution in [2.75, 3.05) is 5.32 Å². The van der Waals surface area contributed by atoms with E-state index in [2.05, 4.69) is 37.3 Å². The van der Waals surface area contributed by atoms with E-state index in [1.54, 1.807) is 0 Å². The van der Waals surface area contributed by atoms with Gasteiger partial charge < -0.3 is 9.72 Å². The number of benzene rings is 1. The summed E-state index contributed by atoms with van der Waals surface area (Å²) in [5.41, 5.74) is 4.28. The number of nitrogens with zero attached hydrogens (tertiary/aromatic N) is 2. The van der Waals surface area contributed by atoms with Gasteiger partial charge in [0.25, 0.3) is 0 Å². The molecule has 2 heterocycles. The van der Waals surface area contributed by atoms with E-state index in [0.717, 1.165) is 32.2 Å². The van der Waals surface area contributed by atoms with E-state index in [-0.39, 0.29) is 0 Å². The molecule has 20 heavy (non-hydrogen) atoms. The van der Waals surface area contributed by atoms with Crippen LogP contribution in [0.15, 0.2) is 42.6 Å². The van der Waals surface area contributed by atoms with Gasteiger partial charge in [0.1, 0.15) is 5.65 Å². The third-order valence-corrected chi connectivity index (χ3v) is 4.33. The zero-order chi connectivity index (χ0) is 14.1. The number of hydrogen-bond acceptors (Lipinski definition) is 2. The molecule has 0 fully saturated rings. The summed E-state index contributed by atoms with van der Waals surface area (Å²) in [5, 5.41) is 4.20. The number of nitrogens with one attached hydrogen (secondary N) is 1. The first-order chi connectivity index (χ1) is 9.65. The summed E-state index contributed by atoms with van der Waals surface area (Å²) in [4.78, 5) is 4.56. The Morgan fingerprint density at radius 1 is 1.30 bits per heavy atom. The minimum Gasteiger partial charge on any atom is -0.379 e. The summed E-state index contributed by atoms with van der Waals surface area (Å²) in [7, 11) is 0. The van der Waals surface area contributed by atoms with Gasteiger partial charge in [-0.2, -0.15) is 0 Å². The molecule has 2 aromatic heterocycles. The van der Waals surface area contributed by atoms with Crippen LogP contribution in [-0.4, -0.2) is 9.38 Å². The minimum atomic E-state index is 0.731. The zero-order valence-electron chi connectivity index (χ0n) is 10.9. The first-order valence-electron chi connectivity index (χ1n) is 6.26. The Balaban J connectivity index is 1.88. The molecule has 0 aliphatic heterocycles. The van der Waals surface area contributed by atoms with Gasteiger partial charge in [0.15, 0.2) is 0 Å². The van der Waals surface area contributed by atoms with Gasteiger partial charge in [0.05, 0.1) is 17.9 Å². The zero-order valence-corrected chi connectivity index (χ0v) is 13.8. The summed E-state index contributed by atoms with van der Waals surface area (Å²) in [6.45, 7) is 2.77. The van der Waals surface area contributed by atoms with E-state index in [1.807, 2.05) is 49.5 Å². The van der Waals surface area contributed by atoms with Crippen molar-refractivity contribution >= 4 is 45.5 Å². The highest BCUT2D eigenvalue weighted by Gasteiger charge is 2.08. The molecule has 0 saturated carbocycles. The van der Waals surface area contributed by atoms with Gasteiger partial charge in [0, 0.05) is 20.5 Å². The summed E-state index contributed by atoms with van der Waals surface area (Å²) in [6.07, 6.45) is 2.04.